The van der Waals surface area contributed by atoms with Gasteiger partial charge in [-0.1, -0.05) is 409 Å². The second kappa shape index (κ2) is 86.1. The van der Waals surface area contributed by atoms with Crippen LogP contribution in [-0.2, 0) is 66.3 Å². The lowest BCUT2D eigenvalue weighted by atomic mass is 9.95. The third-order valence-electron chi connectivity index (χ3n) is 24.0. The number of phosphoric ester groups is 1. The van der Waals surface area contributed by atoms with Crippen LogP contribution in [0.4, 0.5) is 0 Å². The lowest BCUT2D eigenvalue weighted by molar-refractivity contribution is -0.272. The molecule has 0 aliphatic carbocycles. The third-order valence-corrected chi connectivity index (χ3v) is 24.5. The average Bonchev–Trinajstić information content (AvgIpc) is 0.779. The molecule has 0 aromatic heterocycles. The molecule has 716 valence electrons. The second-order valence-corrected chi connectivity index (χ2v) is 36.6. The van der Waals surface area contributed by atoms with Gasteiger partial charge in [0.15, 0.2) is 12.4 Å². The van der Waals surface area contributed by atoms with Crippen molar-refractivity contribution >= 4 is 43.5 Å². The van der Waals surface area contributed by atoms with E-state index < -0.39 is 119 Å². The molecule has 1 fully saturated rings. The highest BCUT2D eigenvalue weighted by Gasteiger charge is 2.52. The first kappa shape index (κ1) is 118. The fraction of sp³-hybridized carbons (Fsp3) is 0.939. The first-order valence-electron chi connectivity index (χ1n) is 51.1. The summed E-state index contributed by atoms with van der Waals surface area (Å²) in [5, 5.41) is 27.7. The number of rotatable bonds is 88. The normalized spacial score (nSPS) is 16.4. The van der Waals surface area contributed by atoms with E-state index in [1.807, 2.05) is 0 Å². The van der Waals surface area contributed by atoms with Crippen LogP contribution in [0.3, 0.4) is 0 Å². The summed E-state index contributed by atoms with van der Waals surface area (Å²) < 4.78 is 55.8. The molecule has 6 N–H and O–H groups in total. The average molecular weight is 1740 g/mol. The number of unbranched alkanes of at least 4 members (excludes halogenated alkanes) is 54. The number of carbonyl (C=O) groups excluding carboxylic acids is 6. The molecule has 1 rings (SSSR count). The van der Waals surface area contributed by atoms with Crippen molar-refractivity contribution in [2.45, 2.75) is 560 Å². The molecule has 0 aromatic carbocycles. The molecule has 9 atom stereocenters. The van der Waals surface area contributed by atoms with Crippen LogP contribution in [0.15, 0.2) is 0 Å². The van der Waals surface area contributed by atoms with Gasteiger partial charge in [-0.05, 0) is 77.4 Å². The molecule has 1 aliphatic rings. The number of nitrogens with one attached hydrogen (secondary N) is 2. The van der Waals surface area contributed by atoms with Crippen LogP contribution in [0.2, 0.25) is 0 Å². The van der Waals surface area contributed by atoms with Crippen molar-refractivity contribution in [1.82, 2.24) is 15.5 Å². The molecular formula is C99H192N3O18P. The summed E-state index contributed by atoms with van der Waals surface area (Å²) in [6, 6.07) is -2.81. The lowest BCUT2D eigenvalue weighted by Crippen LogP contribution is -2.66. The Morgan fingerprint density at radius 1 is 0.355 bits per heavy atom. The summed E-state index contributed by atoms with van der Waals surface area (Å²) in [6.45, 7) is 21.3. The molecular weight excluding hydrogens is 1550 g/mol. The maximum atomic E-state index is 15.0. The van der Waals surface area contributed by atoms with Gasteiger partial charge in [0.2, 0.25) is 11.8 Å². The minimum atomic E-state index is -5.53. The molecule has 21 nitrogen and oxygen atoms in total. The van der Waals surface area contributed by atoms with Crippen LogP contribution >= 0.6 is 7.82 Å². The number of aliphatic hydroxyl groups is 2. The highest BCUT2D eigenvalue weighted by molar-refractivity contribution is 7.46. The van der Waals surface area contributed by atoms with Gasteiger partial charge >= 0.3 is 31.7 Å². The van der Waals surface area contributed by atoms with E-state index in [0.717, 1.165) is 173 Å². The van der Waals surface area contributed by atoms with Gasteiger partial charge in [0.1, 0.15) is 36.6 Å². The molecule has 2 amide bonds. The molecule has 1 heterocycles. The van der Waals surface area contributed by atoms with E-state index >= 15 is 0 Å². The van der Waals surface area contributed by atoms with E-state index in [2.05, 4.69) is 77.8 Å². The summed E-state index contributed by atoms with van der Waals surface area (Å²) in [6.07, 6.45) is 56.3. The zero-order valence-corrected chi connectivity index (χ0v) is 80.5. The van der Waals surface area contributed by atoms with Crippen LogP contribution in [-0.4, -0.2) is 155 Å². The maximum Gasteiger partial charge on any atom is 0.470 e. The van der Waals surface area contributed by atoms with E-state index in [4.69, 9.17) is 32.9 Å². The van der Waals surface area contributed by atoms with Crippen LogP contribution in [0.25, 0.3) is 0 Å². The number of hydrogen-bond acceptors (Lipinski definition) is 17. The number of carbonyl (C=O) groups is 6. The number of nitrogens with zero attached hydrogens (tertiary/aromatic N) is 1. The van der Waals surface area contributed by atoms with Gasteiger partial charge < -0.3 is 64.0 Å². The van der Waals surface area contributed by atoms with Crippen LogP contribution < -0.4 is 10.6 Å². The highest BCUT2D eigenvalue weighted by Crippen LogP contribution is 2.43. The molecule has 22 heteroatoms. The highest BCUT2D eigenvalue weighted by atomic mass is 31.2. The topological polar surface area (TPSA) is 292 Å². The summed E-state index contributed by atoms with van der Waals surface area (Å²) in [7, 11) is -5.53. The summed E-state index contributed by atoms with van der Waals surface area (Å²) in [5.41, 5.74) is 0. The molecule has 0 saturated carbocycles. The fourth-order valence-corrected chi connectivity index (χ4v) is 16.9. The van der Waals surface area contributed by atoms with Gasteiger partial charge in [-0.3, -0.25) is 33.3 Å². The predicted octanol–water partition coefficient (Wildman–Crippen LogP) is 25.2. The molecule has 1 saturated heterocycles. The van der Waals surface area contributed by atoms with E-state index in [0.29, 0.717) is 51.4 Å². The van der Waals surface area contributed by atoms with Gasteiger partial charge in [0.05, 0.1) is 45.1 Å². The lowest BCUT2D eigenvalue weighted by Gasteiger charge is -2.45. The molecule has 0 spiro atoms. The Morgan fingerprint density at radius 3 is 0.893 bits per heavy atom. The first-order chi connectivity index (χ1) is 58.8. The molecule has 0 bridgehead atoms. The minimum absolute atomic E-state index is 0.154. The Morgan fingerprint density at radius 2 is 0.628 bits per heavy atom. The monoisotopic (exact) mass is 1740 g/mol. The van der Waals surface area contributed by atoms with Crippen molar-refractivity contribution in [2.75, 3.05) is 39.5 Å². The summed E-state index contributed by atoms with van der Waals surface area (Å²) >= 11 is 0. The molecule has 121 heavy (non-hydrogen) atoms. The van der Waals surface area contributed by atoms with Gasteiger partial charge in [0, 0.05) is 19.3 Å². The van der Waals surface area contributed by atoms with E-state index in [9.17, 15) is 53.3 Å². The van der Waals surface area contributed by atoms with Crippen LogP contribution in [0.1, 0.15) is 505 Å². The quantitative estimate of drug-likeness (QED) is 0.0143. The molecule has 0 radical (unpaired) electrons. The van der Waals surface area contributed by atoms with Crippen LogP contribution in [0.5, 0.6) is 0 Å². The molecule has 0 unspecified atom stereocenters. The summed E-state index contributed by atoms with van der Waals surface area (Å²) in [4.78, 5) is 109. The van der Waals surface area contributed by atoms with E-state index in [-0.39, 0.29) is 38.1 Å². The predicted molar refractivity (Wildman–Crippen MR) is 495 cm³/mol. The number of amides is 2. The van der Waals surface area contributed by atoms with Crippen molar-refractivity contribution in [1.29, 1.82) is 0 Å². The number of ether oxygens (including phenoxy) is 6. The summed E-state index contributed by atoms with van der Waals surface area (Å²) in [5.74, 6) is -3.47. The van der Waals surface area contributed by atoms with Crippen molar-refractivity contribution in [3.05, 3.63) is 0 Å². The zero-order chi connectivity index (χ0) is 89.1. The number of esters is 4. The Kier molecular flexibility index (Phi) is 83.8. The number of aliphatic hydroxyl groups excluding tert-OH is 2. The SMILES string of the molecule is CCCCCCCCCCCCCC(=O)O[C@H](CCCCCCCCCCC)CC(=O)N[C@@H](CO)CO[C@H]1O[C@H](CO)[C@@H](OP(=O)(O)O)[C@H](OC(=O)C[C@@H](CCCCCCCCCCC)OC(=O)CCCCCCCCCCCCC)[C@@H]1NC(=O)C[C@@H](CCCCCCCCCCC)OC(=O)CCCCCCCCCCCCC.CCN(CC)CC. The number of hydrogen-bond donors (Lipinski definition) is 6. The fourth-order valence-electron chi connectivity index (χ4n) is 16.3. The van der Waals surface area contributed by atoms with Crippen molar-refractivity contribution in [2.24, 2.45) is 0 Å². The Balaban J connectivity index is 0.0000196. The Bertz CT molecular complexity index is 2400. The van der Waals surface area contributed by atoms with Crippen molar-refractivity contribution < 1.29 is 86.3 Å². The van der Waals surface area contributed by atoms with Gasteiger partial charge in [-0.25, -0.2) is 4.57 Å². The Labute approximate surface area is 741 Å². The molecule has 1 aliphatic heterocycles. The van der Waals surface area contributed by atoms with Crippen LogP contribution in [0, 0.1) is 0 Å². The second-order valence-electron chi connectivity index (χ2n) is 35.4. The number of phosphoric acid groups is 1. The standard InChI is InChI=1S/C93H177N2O18P.C6H15N/c1-7-13-19-25-31-37-40-46-52-58-64-70-86(100)108-80(67-61-55-49-43-34-28-22-16-10-4)73-84(98)94-79(76-96)78-107-93-90(95-85(99)74-81(68-62-56-50-44-35-29-23-17-11-5)109-87(101)71-65-59-53-47-41-38-32-26-20-14-8-2)92(91(83(77-97)111-93)113-114(104,105)106)112-89(103)75-82(69-63-57-51-45-36-30-24-18-12-6)110-88(102)72-66-60-54-48-42-39-33-27-21-15-9-3;1-4-7(5-2)6-3/h79-83,90-93,96-97H,7-78H2,1-6H3,(H,94,98)(H,95,99)(H2,104,105,106);4-6H2,1-3H3/t79-,80+,81+,82+,83+,90-,91+,92+,93-;/m0./s1. The largest absolute Gasteiger partial charge is 0.470 e. The van der Waals surface area contributed by atoms with Crippen molar-refractivity contribution in [3.8, 4) is 0 Å². The minimum Gasteiger partial charge on any atom is -0.462 e. The third kappa shape index (κ3) is 73.4. The van der Waals surface area contributed by atoms with Crippen molar-refractivity contribution in [3.63, 3.8) is 0 Å². The maximum absolute atomic E-state index is 15.0. The molecule has 0 aromatic rings. The van der Waals surface area contributed by atoms with Gasteiger partial charge in [-0.15, -0.1) is 0 Å². The smallest absolute Gasteiger partial charge is 0.462 e. The zero-order valence-electron chi connectivity index (χ0n) is 79.6. The van der Waals surface area contributed by atoms with Gasteiger partial charge in [0.25, 0.3) is 0 Å². The van der Waals surface area contributed by atoms with E-state index in [1.54, 1.807) is 0 Å². The van der Waals surface area contributed by atoms with E-state index in [1.165, 1.54) is 199 Å². The Hall–Kier alpha value is -3.27. The first-order valence-corrected chi connectivity index (χ1v) is 52.7. The van der Waals surface area contributed by atoms with Gasteiger partial charge in [-0.2, -0.15) is 0 Å².